The Bertz CT molecular complexity index is 468. The fourth-order valence-electron chi connectivity index (χ4n) is 3.16. The van der Waals surface area contributed by atoms with Crippen molar-refractivity contribution in [2.75, 3.05) is 6.79 Å². The average Bonchev–Trinajstić information content (AvgIpc) is 2.90. The van der Waals surface area contributed by atoms with E-state index in [0.29, 0.717) is 18.9 Å². The maximum Gasteiger partial charge on any atom is 0.231 e. The number of benzene rings is 1. The second-order valence-corrected chi connectivity index (χ2v) is 6.00. The number of hydrogen-bond donors (Lipinski definition) is 1. The summed E-state index contributed by atoms with van der Waals surface area (Å²) in [6.45, 7) is 7.14. The number of nitrogens with one attached hydrogen (secondary N) is 1. The van der Waals surface area contributed by atoms with E-state index in [4.69, 9.17) is 9.47 Å². The summed E-state index contributed by atoms with van der Waals surface area (Å²) in [6.07, 6.45) is 3.87. The van der Waals surface area contributed by atoms with Crippen LogP contribution >= 0.6 is 0 Å². The van der Waals surface area contributed by atoms with Gasteiger partial charge in [-0.15, -0.1) is 0 Å². The van der Waals surface area contributed by atoms with Crippen LogP contribution in [-0.4, -0.2) is 23.9 Å². The van der Waals surface area contributed by atoms with E-state index in [1.165, 1.54) is 24.8 Å². The molecule has 20 heavy (non-hydrogen) atoms. The van der Waals surface area contributed by atoms with Crippen LogP contribution in [0.5, 0.6) is 11.5 Å². The van der Waals surface area contributed by atoms with Crippen molar-refractivity contribution in [3.63, 3.8) is 0 Å². The van der Waals surface area contributed by atoms with Crippen molar-refractivity contribution >= 4 is 0 Å². The molecule has 2 aliphatic rings. The van der Waals surface area contributed by atoms with Crippen molar-refractivity contribution in [2.24, 2.45) is 0 Å². The molecule has 0 bridgehead atoms. The van der Waals surface area contributed by atoms with Crippen LogP contribution in [0.1, 0.15) is 51.6 Å². The van der Waals surface area contributed by atoms with E-state index in [1.54, 1.807) is 0 Å². The van der Waals surface area contributed by atoms with Crippen molar-refractivity contribution in [2.45, 2.75) is 58.2 Å². The fraction of sp³-hybridized carbons (Fsp3) is 0.625. The summed E-state index contributed by atoms with van der Waals surface area (Å²) in [6, 6.07) is 7.65. The molecule has 0 aromatic heterocycles. The Morgan fingerprint density at radius 1 is 1.15 bits per heavy atom. The highest BCUT2D eigenvalue weighted by atomic mass is 16.7. The number of rotatable bonds is 3. The molecule has 3 rings (SSSR count). The first-order chi connectivity index (χ1) is 9.65. The fourth-order valence-corrected chi connectivity index (χ4v) is 3.16. The number of hydrogen-bond acceptors (Lipinski definition) is 4. The predicted molar refractivity (Wildman–Crippen MR) is 78.7 cm³/mol. The quantitative estimate of drug-likeness (QED) is 0.919. The van der Waals surface area contributed by atoms with Gasteiger partial charge in [0.05, 0.1) is 0 Å². The lowest BCUT2D eigenvalue weighted by Gasteiger charge is -2.41. The minimum absolute atomic E-state index is 0.271. The SMILES string of the molecule is CC(NN1C(C)CCCC1C)c1ccc2c(c1)OCO2. The van der Waals surface area contributed by atoms with Gasteiger partial charge in [0, 0.05) is 18.1 Å². The van der Waals surface area contributed by atoms with Gasteiger partial charge in [-0.2, -0.15) is 0 Å². The molecule has 4 heteroatoms. The van der Waals surface area contributed by atoms with Crippen LogP contribution < -0.4 is 14.9 Å². The molecule has 110 valence electrons. The molecule has 0 amide bonds. The highest BCUT2D eigenvalue weighted by molar-refractivity contribution is 5.45. The molecule has 3 unspecified atom stereocenters. The lowest BCUT2D eigenvalue weighted by Crippen LogP contribution is -2.52. The van der Waals surface area contributed by atoms with Gasteiger partial charge >= 0.3 is 0 Å². The summed E-state index contributed by atoms with van der Waals surface area (Å²) in [5, 5.41) is 2.42. The minimum atomic E-state index is 0.271. The Morgan fingerprint density at radius 2 is 1.85 bits per heavy atom. The molecule has 0 radical (unpaired) electrons. The molecular formula is C16H24N2O2. The Hall–Kier alpha value is -1.26. The largest absolute Gasteiger partial charge is 0.454 e. The lowest BCUT2D eigenvalue weighted by molar-refractivity contribution is 0.0320. The second-order valence-electron chi connectivity index (χ2n) is 6.00. The molecule has 1 fully saturated rings. The van der Waals surface area contributed by atoms with Gasteiger partial charge in [-0.25, -0.2) is 10.4 Å². The molecule has 0 spiro atoms. The minimum Gasteiger partial charge on any atom is -0.454 e. The number of nitrogens with zero attached hydrogens (tertiary/aromatic N) is 1. The molecule has 0 aliphatic carbocycles. The van der Waals surface area contributed by atoms with Gasteiger partial charge in [-0.05, 0) is 51.3 Å². The Labute approximate surface area is 121 Å². The van der Waals surface area contributed by atoms with Crippen LogP contribution in [-0.2, 0) is 0 Å². The summed E-state index contributed by atoms with van der Waals surface area (Å²) in [5.41, 5.74) is 4.90. The monoisotopic (exact) mass is 276 g/mol. The molecule has 2 heterocycles. The first kappa shape index (κ1) is 13.7. The normalized spacial score (nSPS) is 27.6. The molecule has 3 atom stereocenters. The molecular weight excluding hydrogens is 252 g/mol. The standard InChI is InChI=1S/C16H24N2O2/c1-11-5-4-6-12(2)18(11)17-13(3)14-7-8-15-16(9-14)20-10-19-15/h7-9,11-13,17H,4-6,10H2,1-3H3. The number of ether oxygens (including phenoxy) is 2. The molecule has 4 nitrogen and oxygen atoms in total. The van der Waals surface area contributed by atoms with Gasteiger partial charge in [-0.3, -0.25) is 0 Å². The maximum atomic E-state index is 5.46. The molecule has 1 aromatic rings. The van der Waals surface area contributed by atoms with Gasteiger partial charge in [0.2, 0.25) is 6.79 Å². The Balaban J connectivity index is 1.70. The molecule has 1 aromatic carbocycles. The summed E-state index contributed by atoms with van der Waals surface area (Å²) >= 11 is 0. The summed E-state index contributed by atoms with van der Waals surface area (Å²) in [5.74, 6) is 1.71. The van der Waals surface area contributed by atoms with Crippen molar-refractivity contribution in [1.82, 2.24) is 10.4 Å². The van der Waals surface area contributed by atoms with Crippen LogP contribution in [0.4, 0.5) is 0 Å². The first-order valence-corrected chi connectivity index (χ1v) is 7.59. The number of fused-ring (bicyclic) bond motifs is 1. The van der Waals surface area contributed by atoms with Gasteiger partial charge in [0.25, 0.3) is 0 Å². The topological polar surface area (TPSA) is 33.7 Å². The second kappa shape index (κ2) is 5.62. The van der Waals surface area contributed by atoms with E-state index in [1.807, 2.05) is 6.07 Å². The van der Waals surface area contributed by atoms with Crippen LogP contribution in [0.15, 0.2) is 18.2 Å². The first-order valence-electron chi connectivity index (χ1n) is 7.59. The molecule has 0 saturated carbocycles. The van der Waals surface area contributed by atoms with E-state index >= 15 is 0 Å². The Morgan fingerprint density at radius 3 is 2.60 bits per heavy atom. The smallest absolute Gasteiger partial charge is 0.231 e. The summed E-state index contributed by atoms with van der Waals surface area (Å²) in [7, 11) is 0. The third-order valence-electron chi connectivity index (χ3n) is 4.43. The van der Waals surface area contributed by atoms with Crippen LogP contribution in [0, 0.1) is 0 Å². The number of hydrazine groups is 1. The van der Waals surface area contributed by atoms with Crippen LogP contribution in [0.2, 0.25) is 0 Å². The van der Waals surface area contributed by atoms with Gasteiger partial charge in [0.1, 0.15) is 0 Å². The van der Waals surface area contributed by atoms with Crippen LogP contribution in [0.3, 0.4) is 0 Å². The lowest BCUT2D eigenvalue weighted by atomic mass is 9.99. The van der Waals surface area contributed by atoms with E-state index < -0.39 is 0 Å². The third-order valence-corrected chi connectivity index (χ3v) is 4.43. The van der Waals surface area contributed by atoms with E-state index in [2.05, 4.69) is 43.3 Å². The Kier molecular flexibility index (Phi) is 3.85. The van der Waals surface area contributed by atoms with E-state index in [-0.39, 0.29) is 6.04 Å². The average molecular weight is 276 g/mol. The van der Waals surface area contributed by atoms with Gasteiger partial charge in [0.15, 0.2) is 11.5 Å². The van der Waals surface area contributed by atoms with Gasteiger partial charge in [-0.1, -0.05) is 12.5 Å². The summed E-state index contributed by atoms with van der Waals surface area (Å²) in [4.78, 5) is 0. The highest BCUT2D eigenvalue weighted by Crippen LogP contribution is 2.34. The van der Waals surface area contributed by atoms with Crippen molar-refractivity contribution in [1.29, 1.82) is 0 Å². The highest BCUT2D eigenvalue weighted by Gasteiger charge is 2.26. The van der Waals surface area contributed by atoms with Crippen molar-refractivity contribution in [3.8, 4) is 11.5 Å². The maximum absolute atomic E-state index is 5.46. The van der Waals surface area contributed by atoms with Gasteiger partial charge < -0.3 is 9.47 Å². The van der Waals surface area contributed by atoms with Crippen molar-refractivity contribution in [3.05, 3.63) is 23.8 Å². The van der Waals surface area contributed by atoms with E-state index in [0.717, 1.165) is 11.5 Å². The number of piperidine rings is 1. The van der Waals surface area contributed by atoms with Crippen LogP contribution in [0.25, 0.3) is 0 Å². The summed E-state index contributed by atoms with van der Waals surface area (Å²) < 4.78 is 10.8. The predicted octanol–water partition coefficient (Wildman–Crippen LogP) is 3.24. The zero-order valence-electron chi connectivity index (χ0n) is 12.6. The molecule has 2 aliphatic heterocycles. The molecule has 1 saturated heterocycles. The zero-order valence-corrected chi connectivity index (χ0v) is 12.6. The molecule has 1 N–H and O–H groups in total. The third kappa shape index (κ3) is 2.63. The van der Waals surface area contributed by atoms with E-state index in [9.17, 15) is 0 Å². The zero-order chi connectivity index (χ0) is 14.1. The van der Waals surface area contributed by atoms with Crippen molar-refractivity contribution < 1.29 is 9.47 Å².